The van der Waals surface area contributed by atoms with Gasteiger partial charge in [0, 0.05) is 19.2 Å². The van der Waals surface area contributed by atoms with Gasteiger partial charge < -0.3 is 5.11 Å². The number of nitrogens with zero attached hydrogens (tertiary/aromatic N) is 2. The molecule has 0 radical (unpaired) electrons. The molecule has 0 fully saturated rings. The van der Waals surface area contributed by atoms with E-state index in [9.17, 15) is 23.3 Å². The summed E-state index contributed by atoms with van der Waals surface area (Å²) < 4.78 is 25.0. The minimum Gasteiger partial charge on any atom is -0.480 e. The molecule has 1 N–H and O–H groups in total. The number of hydrogen-bond donors (Lipinski definition) is 1. The Morgan fingerprint density at radius 3 is 2.50 bits per heavy atom. The summed E-state index contributed by atoms with van der Waals surface area (Å²) in [7, 11) is -3.20. The zero-order valence-electron chi connectivity index (χ0n) is 10.5. The minimum atomic E-state index is -4.25. The number of nitro groups is 1. The summed E-state index contributed by atoms with van der Waals surface area (Å²) in [5, 5.41) is 19.3. The van der Waals surface area contributed by atoms with E-state index in [1.165, 1.54) is 6.92 Å². The maximum absolute atomic E-state index is 12.2. The molecule has 0 bridgehead atoms. The van der Waals surface area contributed by atoms with Gasteiger partial charge in [0.1, 0.15) is 10.9 Å². The lowest BCUT2D eigenvalue weighted by molar-refractivity contribution is -0.385. The predicted molar refractivity (Wildman–Crippen MR) is 70.2 cm³/mol. The molecule has 0 aromatic heterocycles. The fourth-order valence-corrected chi connectivity index (χ4v) is 3.13. The van der Waals surface area contributed by atoms with E-state index >= 15 is 0 Å². The van der Waals surface area contributed by atoms with E-state index in [-0.39, 0.29) is 5.02 Å². The summed E-state index contributed by atoms with van der Waals surface area (Å²) in [6, 6.07) is 1.59. The highest BCUT2D eigenvalue weighted by Crippen LogP contribution is 2.28. The molecule has 1 unspecified atom stereocenters. The van der Waals surface area contributed by atoms with E-state index in [0.29, 0.717) is 4.31 Å². The van der Waals surface area contributed by atoms with Gasteiger partial charge in [0.05, 0.1) is 9.95 Å². The normalized spacial score (nSPS) is 13.2. The van der Waals surface area contributed by atoms with Crippen LogP contribution < -0.4 is 0 Å². The highest BCUT2D eigenvalue weighted by Gasteiger charge is 2.32. The molecule has 1 aromatic rings. The SMILES string of the molecule is CC(C(=O)O)N(C)S(=O)(=O)c1cc([N+](=O)[O-])ccc1Cl. The molecule has 110 valence electrons. The van der Waals surface area contributed by atoms with Crippen LogP contribution in [0.2, 0.25) is 5.02 Å². The second kappa shape index (κ2) is 5.73. The molecule has 0 heterocycles. The van der Waals surface area contributed by atoms with Gasteiger partial charge in [0.25, 0.3) is 5.69 Å². The van der Waals surface area contributed by atoms with Gasteiger partial charge in [-0.05, 0) is 13.0 Å². The number of hydrogen-bond acceptors (Lipinski definition) is 5. The standard InChI is InChI=1S/C10H11ClN2O6S/c1-6(10(14)15)12(2)20(18,19)9-5-7(13(16)17)3-4-8(9)11/h3-6H,1-2H3,(H,14,15). The maximum atomic E-state index is 12.2. The zero-order chi connectivity index (χ0) is 15.7. The minimum absolute atomic E-state index is 0.222. The number of aliphatic carboxylic acids is 1. The van der Waals surface area contributed by atoms with Crippen LogP contribution in [0.25, 0.3) is 0 Å². The van der Waals surface area contributed by atoms with E-state index < -0.39 is 37.5 Å². The van der Waals surface area contributed by atoms with E-state index in [1.54, 1.807) is 0 Å². The molecule has 0 amide bonds. The summed E-state index contributed by atoms with van der Waals surface area (Å²) in [6.07, 6.45) is 0. The Morgan fingerprint density at radius 1 is 1.50 bits per heavy atom. The van der Waals surface area contributed by atoms with Crippen LogP contribution in [0, 0.1) is 10.1 Å². The van der Waals surface area contributed by atoms with Crippen molar-refractivity contribution in [2.24, 2.45) is 0 Å². The number of carboxylic acids is 1. The molecule has 10 heteroatoms. The van der Waals surface area contributed by atoms with Crippen molar-refractivity contribution in [2.75, 3.05) is 7.05 Å². The smallest absolute Gasteiger partial charge is 0.321 e. The van der Waals surface area contributed by atoms with Gasteiger partial charge in [-0.3, -0.25) is 14.9 Å². The third-order valence-corrected chi connectivity index (χ3v) is 5.10. The largest absolute Gasteiger partial charge is 0.480 e. The first-order chi connectivity index (χ1) is 9.09. The first-order valence-corrected chi connectivity index (χ1v) is 7.05. The maximum Gasteiger partial charge on any atom is 0.321 e. The van der Waals surface area contributed by atoms with Gasteiger partial charge in [-0.2, -0.15) is 4.31 Å². The number of carbonyl (C=O) groups is 1. The first-order valence-electron chi connectivity index (χ1n) is 5.23. The Bertz CT molecular complexity index is 660. The molecule has 1 rings (SSSR count). The Morgan fingerprint density at radius 2 is 2.05 bits per heavy atom. The molecule has 0 aliphatic rings. The average Bonchev–Trinajstić information content (AvgIpc) is 2.36. The van der Waals surface area contributed by atoms with Crippen LogP contribution in [0.3, 0.4) is 0 Å². The highest BCUT2D eigenvalue weighted by molar-refractivity contribution is 7.89. The zero-order valence-corrected chi connectivity index (χ0v) is 12.1. The van der Waals surface area contributed by atoms with Crippen LogP contribution >= 0.6 is 11.6 Å². The van der Waals surface area contributed by atoms with Gasteiger partial charge in [0.2, 0.25) is 10.0 Å². The van der Waals surface area contributed by atoms with Crippen molar-refractivity contribution in [1.29, 1.82) is 0 Å². The lowest BCUT2D eigenvalue weighted by atomic mass is 10.3. The van der Waals surface area contributed by atoms with Gasteiger partial charge in [0.15, 0.2) is 0 Å². The fraction of sp³-hybridized carbons (Fsp3) is 0.300. The monoisotopic (exact) mass is 322 g/mol. The number of sulfonamides is 1. The Labute approximate surface area is 119 Å². The summed E-state index contributed by atoms with van der Waals surface area (Å²) in [5.74, 6) is -1.35. The third-order valence-electron chi connectivity index (χ3n) is 2.69. The van der Waals surface area contributed by atoms with Gasteiger partial charge >= 0.3 is 5.97 Å². The highest BCUT2D eigenvalue weighted by atomic mass is 35.5. The lowest BCUT2D eigenvalue weighted by Crippen LogP contribution is -2.40. The first kappa shape index (κ1) is 16.3. The van der Waals surface area contributed by atoms with Crippen molar-refractivity contribution < 1.29 is 23.2 Å². The van der Waals surface area contributed by atoms with E-state index in [4.69, 9.17) is 16.7 Å². The van der Waals surface area contributed by atoms with E-state index in [0.717, 1.165) is 25.2 Å². The summed E-state index contributed by atoms with van der Waals surface area (Å²) in [6.45, 7) is 1.17. The number of non-ortho nitro benzene ring substituents is 1. The quantitative estimate of drug-likeness (QED) is 0.645. The molecule has 1 atom stereocenters. The van der Waals surface area contributed by atoms with Crippen LogP contribution in [0.4, 0.5) is 5.69 Å². The number of likely N-dealkylation sites (N-methyl/N-ethyl adjacent to an activating group) is 1. The van der Waals surface area contributed by atoms with Crippen LogP contribution in [-0.4, -0.2) is 41.8 Å². The summed E-state index contributed by atoms with van der Waals surface area (Å²) >= 11 is 5.74. The van der Waals surface area contributed by atoms with Crippen molar-refractivity contribution in [3.63, 3.8) is 0 Å². The molecule has 0 saturated carbocycles. The van der Waals surface area contributed by atoms with E-state index in [1.807, 2.05) is 0 Å². The topological polar surface area (TPSA) is 118 Å². The molecular formula is C10H11ClN2O6S. The Hall–Kier alpha value is -1.71. The molecule has 0 saturated heterocycles. The van der Waals surface area contributed by atoms with Crippen LogP contribution in [0.1, 0.15) is 6.92 Å². The predicted octanol–water partition coefficient (Wildman–Crippen LogP) is 1.34. The lowest BCUT2D eigenvalue weighted by Gasteiger charge is -2.21. The summed E-state index contributed by atoms with van der Waals surface area (Å²) in [4.78, 5) is 20.2. The number of rotatable bonds is 5. The number of carboxylic acid groups (broad SMARTS) is 1. The molecule has 20 heavy (non-hydrogen) atoms. The Kier molecular flexibility index (Phi) is 4.69. The van der Waals surface area contributed by atoms with Crippen LogP contribution in [-0.2, 0) is 14.8 Å². The van der Waals surface area contributed by atoms with Crippen molar-refractivity contribution in [2.45, 2.75) is 17.9 Å². The van der Waals surface area contributed by atoms with Crippen LogP contribution in [0.5, 0.6) is 0 Å². The molecule has 0 aliphatic carbocycles. The number of halogens is 1. The van der Waals surface area contributed by atoms with Crippen molar-refractivity contribution in [3.05, 3.63) is 33.3 Å². The van der Waals surface area contributed by atoms with Crippen molar-refractivity contribution in [1.82, 2.24) is 4.31 Å². The van der Waals surface area contributed by atoms with Crippen LogP contribution in [0.15, 0.2) is 23.1 Å². The average molecular weight is 323 g/mol. The third kappa shape index (κ3) is 3.06. The van der Waals surface area contributed by atoms with Crippen molar-refractivity contribution in [3.8, 4) is 0 Å². The molecule has 0 aliphatic heterocycles. The second-order valence-electron chi connectivity index (χ2n) is 3.91. The Balaban J connectivity index is 3.38. The van der Waals surface area contributed by atoms with Gasteiger partial charge in [-0.25, -0.2) is 8.42 Å². The fourth-order valence-electron chi connectivity index (χ4n) is 1.32. The van der Waals surface area contributed by atoms with Crippen molar-refractivity contribution >= 4 is 33.3 Å². The number of nitro benzene ring substituents is 1. The van der Waals surface area contributed by atoms with Gasteiger partial charge in [-0.1, -0.05) is 11.6 Å². The second-order valence-corrected chi connectivity index (χ2v) is 6.28. The molecule has 0 spiro atoms. The van der Waals surface area contributed by atoms with E-state index in [2.05, 4.69) is 0 Å². The van der Waals surface area contributed by atoms with Gasteiger partial charge in [-0.15, -0.1) is 0 Å². The molecule has 8 nitrogen and oxygen atoms in total. The summed E-state index contributed by atoms with van der Waals surface area (Å²) in [5.41, 5.74) is -0.454. The molecular weight excluding hydrogens is 312 g/mol. The number of benzene rings is 1. The molecule has 1 aromatic carbocycles.